The van der Waals surface area contributed by atoms with Gasteiger partial charge in [0.15, 0.2) is 5.82 Å². The zero-order valence-corrected chi connectivity index (χ0v) is 29.8. The van der Waals surface area contributed by atoms with Crippen molar-refractivity contribution < 1.29 is 9.59 Å². The van der Waals surface area contributed by atoms with Crippen molar-refractivity contribution in [3.8, 4) is 0 Å². The van der Waals surface area contributed by atoms with Gasteiger partial charge in [0, 0.05) is 38.7 Å². The molecule has 0 aliphatic rings. The van der Waals surface area contributed by atoms with Crippen LogP contribution >= 0.6 is 11.8 Å². The molecule has 0 bridgehead atoms. The van der Waals surface area contributed by atoms with E-state index in [4.69, 9.17) is 0 Å². The first kappa shape index (κ1) is 40.1. The summed E-state index contributed by atoms with van der Waals surface area (Å²) >= 11 is 1.57. The van der Waals surface area contributed by atoms with Crippen LogP contribution < -0.4 is 5.32 Å². The fourth-order valence-corrected chi connectivity index (χ4v) is 5.28. The highest BCUT2D eigenvalue weighted by molar-refractivity contribution is 8.06. The number of nitrogens with zero attached hydrogens (tertiary/aromatic N) is 4. The van der Waals surface area contributed by atoms with E-state index in [1.807, 2.05) is 81.0 Å². The molecule has 0 spiro atoms. The molecule has 1 rings (SSSR count). The maximum Gasteiger partial charge on any atom is 0.229 e. The van der Waals surface area contributed by atoms with Gasteiger partial charge in [0.25, 0.3) is 0 Å². The molecule has 0 radical (unpaired) electrons. The van der Waals surface area contributed by atoms with E-state index in [0.717, 1.165) is 76.7 Å². The van der Waals surface area contributed by atoms with Gasteiger partial charge in [-0.2, -0.15) is 5.10 Å². The SMILES string of the molecule is C=C/C(=C\C(=C/C)CC(=C)N(C)C(=C)SC(=C)CCCCc1ccc(NC(=O)C/C(C)=C/C=C\C)nn1)CC(=O)N(CC)CCC. The highest BCUT2D eigenvalue weighted by Crippen LogP contribution is 2.31. The van der Waals surface area contributed by atoms with Gasteiger partial charge >= 0.3 is 0 Å². The van der Waals surface area contributed by atoms with E-state index in [2.05, 4.69) is 48.8 Å². The zero-order valence-electron chi connectivity index (χ0n) is 29.0. The van der Waals surface area contributed by atoms with Crippen molar-refractivity contribution in [1.29, 1.82) is 0 Å². The van der Waals surface area contributed by atoms with Gasteiger partial charge in [0.05, 0.1) is 17.1 Å². The Morgan fingerprint density at radius 2 is 1.76 bits per heavy atom. The number of allylic oxidation sites excluding steroid dienone is 8. The van der Waals surface area contributed by atoms with Crippen LogP contribution in [0.15, 0.2) is 107 Å². The Morgan fingerprint density at radius 3 is 2.35 bits per heavy atom. The second-order valence-corrected chi connectivity index (χ2v) is 12.4. The van der Waals surface area contributed by atoms with Gasteiger partial charge in [0.1, 0.15) is 0 Å². The molecule has 1 N–H and O–H groups in total. The van der Waals surface area contributed by atoms with Crippen molar-refractivity contribution in [2.24, 2.45) is 0 Å². The molecule has 0 unspecified atom stereocenters. The van der Waals surface area contributed by atoms with Crippen molar-refractivity contribution >= 4 is 29.4 Å². The lowest BCUT2D eigenvalue weighted by molar-refractivity contribution is -0.130. The van der Waals surface area contributed by atoms with Crippen LogP contribution in [0.1, 0.15) is 85.3 Å². The van der Waals surface area contributed by atoms with Crippen LogP contribution in [-0.4, -0.2) is 51.9 Å². The standard InChI is InChI=1S/C38H55N5O2S/c1-11-16-19-29(6)25-37(44)39-36-23-22-35(40-41-36)21-18-17-20-31(8)46-32(9)42(10)30(7)26-33(13-3)27-34(14-4)28-38(45)43(15-5)24-12-2/h11,13-14,16,19,22-23,27H,4,7-9,12,15,17-18,20-21,24-26,28H2,1-3,5-6,10H3,(H,39,41,44)/b16-11-,29-19+,33-13-,34-27+. The zero-order chi connectivity index (χ0) is 34.5. The Kier molecular flexibility index (Phi) is 19.7. The quantitative estimate of drug-likeness (QED) is 0.100. The number of anilines is 1. The summed E-state index contributed by atoms with van der Waals surface area (Å²) in [7, 11) is 1.97. The smallest absolute Gasteiger partial charge is 0.229 e. The molecule has 2 amide bonds. The molecule has 0 aliphatic heterocycles. The molecule has 0 aromatic carbocycles. The number of rotatable bonds is 22. The van der Waals surface area contributed by atoms with Crippen LogP contribution in [0.3, 0.4) is 0 Å². The van der Waals surface area contributed by atoms with Crippen LogP contribution in [0, 0.1) is 0 Å². The lowest BCUT2D eigenvalue weighted by atomic mass is 10.0. The molecule has 0 aliphatic carbocycles. The highest BCUT2D eigenvalue weighted by atomic mass is 32.2. The van der Waals surface area contributed by atoms with Crippen LogP contribution in [-0.2, 0) is 16.0 Å². The van der Waals surface area contributed by atoms with E-state index < -0.39 is 0 Å². The number of carbonyl (C=O) groups excluding carboxylic acids is 2. The van der Waals surface area contributed by atoms with E-state index in [1.54, 1.807) is 23.9 Å². The number of carbonyl (C=O) groups is 2. The molecular formula is C38H55N5O2S. The summed E-state index contributed by atoms with van der Waals surface area (Å²) in [4.78, 5) is 29.9. The Labute approximate surface area is 282 Å². The van der Waals surface area contributed by atoms with Gasteiger partial charge in [-0.25, -0.2) is 0 Å². The predicted molar refractivity (Wildman–Crippen MR) is 198 cm³/mol. The first-order valence-electron chi connectivity index (χ1n) is 16.1. The van der Waals surface area contributed by atoms with Gasteiger partial charge in [-0.05, 0) is 88.0 Å². The van der Waals surface area contributed by atoms with Crippen molar-refractivity contribution in [3.05, 3.63) is 113 Å². The molecular weight excluding hydrogens is 591 g/mol. The first-order chi connectivity index (χ1) is 22.0. The molecule has 0 saturated heterocycles. The van der Waals surface area contributed by atoms with Crippen molar-refractivity contribution in [2.45, 2.75) is 86.0 Å². The minimum absolute atomic E-state index is 0.109. The first-order valence-corrected chi connectivity index (χ1v) is 16.9. The maximum atomic E-state index is 12.7. The number of aryl methyl sites for hydroxylation is 1. The maximum absolute atomic E-state index is 12.7. The number of nitrogens with one attached hydrogen (secondary N) is 1. The Balaban J connectivity index is 2.52. The molecule has 0 atom stereocenters. The van der Waals surface area contributed by atoms with Gasteiger partial charge in [-0.15, -0.1) is 5.10 Å². The van der Waals surface area contributed by atoms with Crippen LogP contribution in [0.2, 0.25) is 0 Å². The molecule has 1 aromatic heterocycles. The van der Waals surface area contributed by atoms with Crippen molar-refractivity contribution in [3.63, 3.8) is 0 Å². The second kappa shape index (κ2) is 22.6. The summed E-state index contributed by atoms with van der Waals surface area (Å²) in [5.41, 5.74) is 4.74. The predicted octanol–water partition coefficient (Wildman–Crippen LogP) is 9.30. The third-order valence-corrected chi connectivity index (χ3v) is 8.25. The van der Waals surface area contributed by atoms with E-state index >= 15 is 0 Å². The molecule has 250 valence electrons. The summed E-state index contributed by atoms with van der Waals surface area (Å²) in [6.07, 6.45) is 17.4. The van der Waals surface area contributed by atoms with Crippen LogP contribution in [0.5, 0.6) is 0 Å². The van der Waals surface area contributed by atoms with Crippen LogP contribution in [0.4, 0.5) is 5.82 Å². The number of thioether (sulfide) groups is 1. The van der Waals surface area contributed by atoms with E-state index in [1.165, 1.54) is 0 Å². The topological polar surface area (TPSA) is 78.4 Å². The second-order valence-electron chi connectivity index (χ2n) is 11.2. The summed E-state index contributed by atoms with van der Waals surface area (Å²) in [5, 5.41) is 12.1. The summed E-state index contributed by atoms with van der Waals surface area (Å²) in [6, 6.07) is 3.71. The normalized spacial score (nSPS) is 12.2. The summed E-state index contributed by atoms with van der Waals surface area (Å²) in [5.74, 6) is 0.472. The fourth-order valence-electron chi connectivity index (χ4n) is 4.44. The minimum atomic E-state index is -0.109. The van der Waals surface area contributed by atoms with Crippen molar-refractivity contribution in [2.75, 3.05) is 25.5 Å². The molecule has 0 saturated carbocycles. The minimum Gasteiger partial charge on any atom is -0.343 e. The summed E-state index contributed by atoms with van der Waals surface area (Å²) < 4.78 is 0. The van der Waals surface area contributed by atoms with Gasteiger partial charge < -0.3 is 15.1 Å². The Morgan fingerprint density at radius 1 is 1.02 bits per heavy atom. The van der Waals surface area contributed by atoms with E-state index in [-0.39, 0.29) is 11.8 Å². The molecule has 7 nitrogen and oxygen atoms in total. The lowest BCUT2D eigenvalue weighted by Gasteiger charge is -2.24. The number of amides is 2. The Bertz CT molecular complexity index is 1320. The average molecular weight is 646 g/mol. The third-order valence-electron chi connectivity index (χ3n) is 7.24. The monoisotopic (exact) mass is 645 g/mol. The average Bonchev–Trinajstić information content (AvgIpc) is 3.03. The number of unbranched alkanes of at least 4 members (excludes halogenated alkanes) is 1. The number of aromatic nitrogens is 2. The Hall–Kier alpha value is -3.91. The molecule has 1 heterocycles. The number of hydrogen-bond acceptors (Lipinski definition) is 6. The fraction of sp³-hybridized carbons (Fsp3) is 0.421. The summed E-state index contributed by atoms with van der Waals surface area (Å²) in [6.45, 7) is 28.2. The van der Waals surface area contributed by atoms with Crippen LogP contribution in [0.25, 0.3) is 0 Å². The molecule has 1 aromatic rings. The lowest BCUT2D eigenvalue weighted by Crippen LogP contribution is -2.31. The van der Waals surface area contributed by atoms with Gasteiger partial charge in [-0.1, -0.05) is 87.0 Å². The molecule has 46 heavy (non-hydrogen) atoms. The number of hydrogen-bond donors (Lipinski definition) is 1. The van der Waals surface area contributed by atoms with E-state index in [9.17, 15) is 9.59 Å². The molecule has 0 fully saturated rings. The van der Waals surface area contributed by atoms with Gasteiger partial charge in [0.2, 0.25) is 11.8 Å². The van der Waals surface area contributed by atoms with Crippen molar-refractivity contribution in [1.82, 2.24) is 20.0 Å². The largest absolute Gasteiger partial charge is 0.343 e. The highest BCUT2D eigenvalue weighted by Gasteiger charge is 2.14. The third kappa shape index (κ3) is 15.9. The van der Waals surface area contributed by atoms with E-state index in [0.29, 0.717) is 31.6 Å². The van der Waals surface area contributed by atoms with Gasteiger partial charge in [-0.3, -0.25) is 9.59 Å². The molecule has 8 heteroatoms.